The predicted octanol–water partition coefficient (Wildman–Crippen LogP) is 3.00. The summed E-state index contributed by atoms with van der Waals surface area (Å²) in [6.07, 6.45) is 3.09. The minimum Gasteiger partial charge on any atom is -0.369 e. The van der Waals surface area contributed by atoms with Crippen LogP contribution in [0.4, 0.5) is 0 Å². The van der Waals surface area contributed by atoms with E-state index in [2.05, 4.69) is 47.7 Å². The summed E-state index contributed by atoms with van der Waals surface area (Å²) in [4.78, 5) is 15.7. The molecule has 1 amide bonds. The quantitative estimate of drug-likeness (QED) is 0.816. The smallest absolute Gasteiger partial charge is 0.243 e. The molecule has 2 aliphatic rings. The molecule has 0 bridgehead atoms. The summed E-state index contributed by atoms with van der Waals surface area (Å²) < 4.78 is 2.32. The summed E-state index contributed by atoms with van der Waals surface area (Å²) in [5.74, 6) is 1.29. The molecule has 4 heteroatoms. The highest BCUT2D eigenvalue weighted by Gasteiger charge is 2.52. The number of hydrogen-bond donors (Lipinski definition) is 1. The van der Waals surface area contributed by atoms with Crippen molar-refractivity contribution in [2.75, 3.05) is 20.1 Å². The third kappa shape index (κ3) is 2.92. The van der Waals surface area contributed by atoms with Crippen LogP contribution >= 0.6 is 0 Å². The largest absolute Gasteiger partial charge is 0.369 e. The molecule has 0 aromatic heterocycles. The first-order valence-electron chi connectivity index (χ1n) is 10.3. The fourth-order valence-corrected chi connectivity index (χ4v) is 5.41. The zero-order valence-corrected chi connectivity index (χ0v) is 16.8. The van der Waals surface area contributed by atoms with Crippen LogP contribution in [-0.2, 0) is 10.2 Å². The highest BCUT2D eigenvalue weighted by molar-refractivity contribution is 5.91. The number of amidine groups is 1. The monoisotopic (exact) mass is 376 g/mol. The Morgan fingerprint density at radius 3 is 2.07 bits per heavy atom. The molecule has 1 heterocycles. The van der Waals surface area contributed by atoms with Crippen LogP contribution in [0.2, 0.25) is 0 Å². The van der Waals surface area contributed by atoms with Crippen molar-refractivity contribution in [1.82, 2.24) is 4.90 Å². The summed E-state index contributed by atoms with van der Waals surface area (Å²) in [7, 11) is 2.16. The molecule has 4 nitrogen and oxygen atoms in total. The number of amides is 1. The van der Waals surface area contributed by atoms with Gasteiger partial charge in [-0.25, -0.2) is 0 Å². The number of likely N-dealkylation sites (N-methyl/N-ethyl adjacent to an activating group) is 1. The fraction of sp³-hybridized carbons (Fsp3) is 0.417. The second-order valence-corrected chi connectivity index (χ2v) is 8.23. The Bertz CT molecular complexity index is 836. The summed E-state index contributed by atoms with van der Waals surface area (Å²) in [5, 5.41) is 0. The summed E-state index contributed by atoms with van der Waals surface area (Å²) in [6.45, 7) is 4.35. The van der Waals surface area contributed by atoms with Gasteiger partial charge in [0.2, 0.25) is 11.7 Å². The Morgan fingerprint density at radius 2 is 1.61 bits per heavy atom. The van der Waals surface area contributed by atoms with Crippen molar-refractivity contribution in [1.29, 1.82) is 0 Å². The number of nitrogens with two attached hydrogens (primary N) is 1. The Hall–Kier alpha value is -2.62. The van der Waals surface area contributed by atoms with Gasteiger partial charge in [0.05, 0.1) is 13.1 Å². The standard InChI is InChI=1S/C24H29N3O/c1-18-26(2)15-16-27(18)22-14-13-21(17-22)24(23(25)28,19-9-5-3-6-10-19)20-11-7-4-8-12-20/h3-12,21-22H,13-17H2,1-2H3,(H-,25,28)/p+1/t21-,22+/m0/s1. The van der Waals surface area contributed by atoms with Crippen molar-refractivity contribution in [2.45, 2.75) is 37.6 Å². The summed E-state index contributed by atoms with van der Waals surface area (Å²) in [6, 6.07) is 20.8. The van der Waals surface area contributed by atoms with Gasteiger partial charge in [-0.05, 0) is 36.3 Å². The topological polar surface area (TPSA) is 49.3 Å². The van der Waals surface area contributed by atoms with Crippen molar-refractivity contribution in [3.05, 3.63) is 71.8 Å². The van der Waals surface area contributed by atoms with Gasteiger partial charge in [0, 0.05) is 6.92 Å². The molecule has 146 valence electrons. The molecule has 1 fully saturated rings. The highest BCUT2D eigenvalue weighted by Crippen LogP contribution is 2.48. The van der Waals surface area contributed by atoms with Gasteiger partial charge < -0.3 is 5.73 Å². The number of rotatable bonds is 5. The molecule has 0 unspecified atom stereocenters. The van der Waals surface area contributed by atoms with E-state index >= 15 is 0 Å². The first-order valence-corrected chi connectivity index (χ1v) is 10.3. The van der Waals surface area contributed by atoms with E-state index in [0.29, 0.717) is 6.04 Å². The lowest BCUT2D eigenvalue weighted by molar-refractivity contribution is -0.487. The number of hydrogen-bond acceptors (Lipinski definition) is 2. The lowest BCUT2D eigenvalue weighted by Crippen LogP contribution is -2.48. The molecule has 2 atom stereocenters. The Labute approximate surface area is 167 Å². The Morgan fingerprint density at radius 1 is 1.04 bits per heavy atom. The van der Waals surface area contributed by atoms with Crippen molar-refractivity contribution >= 4 is 11.7 Å². The number of carbonyl (C=O) groups is 1. The molecular formula is C24H30N3O+. The van der Waals surface area contributed by atoms with Crippen LogP contribution in [-0.4, -0.2) is 47.4 Å². The lowest BCUT2D eigenvalue weighted by atomic mass is 9.64. The molecule has 4 rings (SSSR count). The Balaban J connectivity index is 1.76. The minimum atomic E-state index is -0.781. The van der Waals surface area contributed by atoms with E-state index in [1.807, 2.05) is 36.4 Å². The van der Waals surface area contributed by atoms with Gasteiger partial charge >= 0.3 is 0 Å². The zero-order chi connectivity index (χ0) is 19.7. The van der Waals surface area contributed by atoms with Crippen LogP contribution in [0.1, 0.15) is 37.3 Å². The normalized spacial score (nSPS) is 22.7. The molecule has 0 radical (unpaired) electrons. The van der Waals surface area contributed by atoms with Crippen LogP contribution in [0.15, 0.2) is 60.7 Å². The number of benzene rings is 2. The first kappa shape index (κ1) is 18.7. The predicted molar refractivity (Wildman–Crippen MR) is 112 cm³/mol. The van der Waals surface area contributed by atoms with E-state index in [9.17, 15) is 4.79 Å². The SMILES string of the molecule is CC1=[N+](C)CCN1[C@@H]1CC[C@H](C(C(N)=O)(c2ccccc2)c2ccccc2)C1. The molecule has 2 aromatic carbocycles. The second-order valence-electron chi connectivity index (χ2n) is 8.23. The van der Waals surface area contributed by atoms with Gasteiger partial charge in [-0.1, -0.05) is 60.7 Å². The fourth-order valence-electron chi connectivity index (χ4n) is 5.41. The minimum absolute atomic E-state index is 0.193. The average molecular weight is 377 g/mol. The van der Waals surface area contributed by atoms with E-state index < -0.39 is 5.41 Å². The maximum Gasteiger partial charge on any atom is 0.243 e. The van der Waals surface area contributed by atoms with Crippen molar-refractivity contribution in [3.8, 4) is 0 Å². The maximum absolute atomic E-state index is 13.1. The summed E-state index contributed by atoms with van der Waals surface area (Å²) >= 11 is 0. The first-order chi connectivity index (χ1) is 13.5. The number of nitrogens with zero attached hydrogens (tertiary/aromatic N) is 2. The van der Waals surface area contributed by atoms with Crippen LogP contribution in [0.3, 0.4) is 0 Å². The van der Waals surface area contributed by atoms with Gasteiger partial charge in [0.15, 0.2) is 0 Å². The molecule has 1 aliphatic carbocycles. The van der Waals surface area contributed by atoms with Crippen molar-refractivity contribution in [3.63, 3.8) is 0 Å². The van der Waals surface area contributed by atoms with Crippen molar-refractivity contribution < 1.29 is 9.37 Å². The zero-order valence-electron chi connectivity index (χ0n) is 16.8. The average Bonchev–Trinajstić information content (AvgIpc) is 3.32. The number of carbonyl (C=O) groups excluding carboxylic acids is 1. The third-order valence-corrected chi connectivity index (χ3v) is 6.95. The molecule has 1 aliphatic heterocycles. The summed E-state index contributed by atoms with van der Waals surface area (Å²) in [5.41, 5.74) is 7.44. The van der Waals surface area contributed by atoms with Gasteiger partial charge in [-0.3, -0.25) is 14.3 Å². The molecule has 28 heavy (non-hydrogen) atoms. The van der Waals surface area contributed by atoms with Crippen molar-refractivity contribution in [2.24, 2.45) is 11.7 Å². The van der Waals surface area contributed by atoms with E-state index in [-0.39, 0.29) is 11.8 Å². The molecule has 0 spiro atoms. The lowest BCUT2D eigenvalue weighted by Gasteiger charge is -2.37. The maximum atomic E-state index is 13.1. The molecule has 2 aromatic rings. The third-order valence-electron chi connectivity index (χ3n) is 6.95. The second kappa shape index (κ2) is 7.42. The molecular weight excluding hydrogens is 346 g/mol. The van der Waals surface area contributed by atoms with E-state index in [0.717, 1.165) is 43.5 Å². The van der Waals surface area contributed by atoms with Gasteiger partial charge in [0.1, 0.15) is 18.5 Å². The van der Waals surface area contributed by atoms with Crippen LogP contribution < -0.4 is 5.73 Å². The van der Waals surface area contributed by atoms with Gasteiger partial charge in [-0.15, -0.1) is 0 Å². The molecule has 2 N–H and O–H groups in total. The van der Waals surface area contributed by atoms with E-state index in [1.54, 1.807) is 0 Å². The van der Waals surface area contributed by atoms with Crippen LogP contribution in [0, 0.1) is 5.92 Å². The van der Waals surface area contributed by atoms with Gasteiger partial charge in [-0.2, -0.15) is 0 Å². The van der Waals surface area contributed by atoms with E-state index in [1.165, 1.54) is 5.84 Å². The van der Waals surface area contributed by atoms with E-state index in [4.69, 9.17) is 5.73 Å². The molecule has 1 saturated carbocycles. The highest BCUT2D eigenvalue weighted by atomic mass is 16.1. The van der Waals surface area contributed by atoms with Crippen LogP contribution in [0.5, 0.6) is 0 Å². The Kier molecular flexibility index (Phi) is 4.96. The number of primary amides is 1. The molecule has 0 saturated heterocycles. The van der Waals surface area contributed by atoms with Gasteiger partial charge in [0.25, 0.3) is 0 Å². The van der Waals surface area contributed by atoms with Crippen LogP contribution in [0.25, 0.3) is 0 Å².